The van der Waals surface area contributed by atoms with Crippen LogP contribution < -0.4 is 15.4 Å². The number of rotatable bonds is 14. The van der Waals surface area contributed by atoms with E-state index in [2.05, 4.69) is 10.6 Å². The van der Waals surface area contributed by atoms with Gasteiger partial charge in [-0.3, -0.25) is 4.79 Å². The molecule has 3 rings (SSSR count). The summed E-state index contributed by atoms with van der Waals surface area (Å²) in [6.07, 6.45) is -15.8. The van der Waals surface area contributed by atoms with Crippen molar-refractivity contribution in [3.63, 3.8) is 0 Å². The van der Waals surface area contributed by atoms with Crippen LogP contribution in [0.4, 0.5) is 13.2 Å². The maximum atomic E-state index is 14.4. The van der Waals surface area contributed by atoms with Gasteiger partial charge in [0, 0.05) is 39.1 Å². The van der Waals surface area contributed by atoms with Gasteiger partial charge in [-0.05, 0) is 93.2 Å². The summed E-state index contributed by atoms with van der Waals surface area (Å²) in [6, 6.07) is -2.08. The van der Waals surface area contributed by atoms with Crippen LogP contribution in [0, 0.1) is 17.8 Å². The maximum Gasteiger partial charge on any atom is 0.402 e. The normalized spacial score (nSPS) is 43.9. The topological polar surface area (TPSA) is 247 Å². The number of nitrogens with zero attached hydrogens (tertiary/aromatic N) is 1. The Hall–Kier alpha value is -1.35. The van der Waals surface area contributed by atoms with E-state index in [-0.39, 0.29) is 44.7 Å². The summed E-state index contributed by atoms with van der Waals surface area (Å²) in [4.78, 5) is 14.4. The largest absolute Gasteiger partial charge is 0.459 e. The van der Waals surface area contributed by atoms with E-state index >= 15 is 0 Å². The van der Waals surface area contributed by atoms with Crippen molar-refractivity contribution in [1.29, 1.82) is 0 Å². The third-order valence-electron chi connectivity index (χ3n) is 13.7. The predicted molar refractivity (Wildman–Crippen MR) is 229 cm³/mol. The molecule has 10 unspecified atom stereocenters. The molecule has 0 aromatic heterocycles. The minimum absolute atomic E-state index is 0.00864. The Kier molecular flexibility index (Phi) is 19.9. The molecular weight excluding hydrogens is 874 g/mol. The van der Waals surface area contributed by atoms with Gasteiger partial charge >= 0.3 is 12.1 Å². The highest BCUT2D eigenvalue weighted by atomic mass is 32.2. The number of nitrogens with one attached hydrogen (secondary N) is 3. The number of carbonyl (C=O) groups is 1. The van der Waals surface area contributed by atoms with Gasteiger partial charge in [-0.2, -0.15) is 30.6 Å². The first-order valence-electron chi connectivity index (χ1n) is 22.5. The summed E-state index contributed by atoms with van der Waals surface area (Å²) in [5.74, 6) is -3.48. The lowest BCUT2D eigenvalue weighted by Crippen LogP contribution is -2.70. The minimum atomic E-state index is -4.86. The van der Waals surface area contributed by atoms with E-state index in [0.29, 0.717) is 10.8 Å². The summed E-state index contributed by atoms with van der Waals surface area (Å²) >= 11 is 0. The van der Waals surface area contributed by atoms with Gasteiger partial charge in [0.25, 0.3) is 10.2 Å². The van der Waals surface area contributed by atoms with Gasteiger partial charge in [0.05, 0.1) is 42.0 Å². The van der Waals surface area contributed by atoms with Crippen molar-refractivity contribution >= 4 is 16.2 Å². The average Bonchev–Trinajstić information content (AvgIpc) is 3.20. The first-order chi connectivity index (χ1) is 29.3. The Morgan fingerprint density at radius 2 is 1.61 bits per heavy atom. The van der Waals surface area contributed by atoms with E-state index in [9.17, 15) is 51.9 Å². The maximum absolute atomic E-state index is 14.4. The zero-order chi connectivity index (χ0) is 49.0. The number of methoxy groups -OCH3 is 1. The number of alkyl halides is 3. The Balaban J connectivity index is 2.18. The van der Waals surface area contributed by atoms with E-state index in [1.807, 2.05) is 13.8 Å². The number of esters is 1. The molecule has 0 amide bonds. The molecule has 8 N–H and O–H groups in total. The van der Waals surface area contributed by atoms with E-state index in [1.165, 1.54) is 32.6 Å². The van der Waals surface area contributed by atoms with Crippen LogP contribution >= 0.6 is 0 Å². The van der Waals surface area contributed by atoms with Crippen LogP contribution in [0.2, 0.25) is 0 Å². The Bertz CT molecular complexity index is 1600. The zero-order valence-corrected chi connectivity index (χ0v) is 40.7. The summed E-state index contributed by atoms with van der Waals surface area (Å²) in [7, 11) is -2.32. The Morgan fingerprint density at radius 3 is 2.17 bits per heavy atom. The van der Waals surface area contributed by atoms with Crippen molar-refractivity contribution in [2.75, 3.05) is 40.3 Å². The van der Waals surface area contributed by atoms with Crippen LogP contribution in [0.15, 0.2) is 0 Å². The first kappa shape index (κ1) is 57.0. The number of hydrogen-bond donors (Lipinski definition) is 8. The molecule has 18 atom stereocenters. The monoisotopic (exact) mass is 953 g/mol. The average molecular weight is 953 g/mol. The molecule has 0 bridgehead atoms. The van der Waals surface area contributed by atoms with E-state index in [1.54, 1.807) is 41.5 Å². The summed E-state index contributed by atoms with van der Waals surface area (Å²) in [5, 5.41) is 65.9. The van der Waals surface area contributed by atoms with Crippen LogP contribution in [0.1, 0.15) is 108 Å². The molecular formula is C42H79F3N4O14S. The predicted octanol–water partition coefficient (Wildman–Crippen LogP) is 1.70. The number of aliphatic hydroxyl groups excluding tert-OH is 2. The van der Waals surface area contributed by atoms with Crippen LogP contribution in [0.5, 0.6) is 0 Å². The van der Waals surface area contributed by atoms with Crippen LogP contribution in [-0.4, -0.2) is 181 Å². The van der Waals surface area contributed by atoms with Crippen molar-refractivity contribution in [3.8, 4) is 0 Å². The number of cyclic esters (lactones) is 1. The van der Waals surface area contributed by atoms with Gasteiger partial charge in [-0.15, -0.1) is 0 Å². The molecule has 3 fully saturated rings. The van der Waals surface area contributed by atoms with E-state index in [0.717, 1.165) is 13.5 Å². The summed E-state index contributed by atoms with van der Waals surface area (Å²) < 4.78 is 105. The van der Waals surface area contributed by atoms with Crippen molar-refractivity contribution in [2.45, 2.75) is 204 Å². The van der Waals surface area contributed by atoms with Crippen molar-refractivity contribution in [1.82, 2.24) is 19.7 Å². The fourth-order valence-corrected chi connectivity index (χ4v) is 10.6. The van der Waals surface area contributed by atoms with Crippen molar-refractivity contribution in [2.24, 2.45) is 17.8 Å². The van der Waals surface area contributed by atoms with Crippen LogP contribution in [0.3, 0.4) is 0 Å². The number of halogens is 3. The number of aliphatic hydroxyl groups is 5. The summed E-state index contributed by atoms with van der Waals surface area (Å²) in [6.45, 7) is 17.2. The van der Waals surface area contributed by atoms with Gasteiger partial charge < -0.3 is 64.6 Å². The lowest BCUT2D eigenvalue weighted by molar-refractivity contribution is -0.336. The number of hydrogen-bond acceptors (Lipinski definition) is 16. The molecule has 0 radical (unpaired) electrons. The smallest absolute Gasteiger partial charge is 0.402 e. The second-order valence-electron chi connectivity index (χ2n) is 19.2. The molecule has 3 heterocycles. The van der Waals surface area contributed by atoms with Gasteiger partial charge in [0.1, 0.15) is 41.7 Å². The Morgan fingerprint density at radius 1 is 0.984 bits per heavy atom. The SMILES string of the molecule is CCCNC[C@]1(O)[C@H](C)O[C@@H](OC2C(C)C(=O)OC(CC)C(C)(O)C(O)C(C)NCC(C)CC(C)(O)C(O[C@@H]3O[C@H](C)C[C@H](N(C)S(=O)(=O)NCC(F)(F)F)[C@H]3O)C2C)C[C@@]1(C)OC. The molecule has 0 saturated carbocycles. The minimum Gasteiger partial charge on any atom is -0.459 e. The molecule has 3 aliphatic heterocycles. The van der Waals surface area contributed by atoms with Gasteiger partial charge in [-0.1, -0.05) is 27.7 Å². The van der Waals surface area contributed by atoms with Crippen LogP contribution in [-0.2, 0) is 43.4 Å². The number of carbonyl (C=O) groups excluding carboxylic acids is 1. The highest BCUT2D eigenvalue weighted by molar-refractivity contribution is 7.87. The Labute approximate surface area is 377 Å². The molecule has 18 nitrogen and oxygen atoms in total. The fourth-order valence-electron chi connectivity index (χ4n) is 9.51. The highest BCUT2D eigenvalue weighted by Crippen LogP contribution is 2.43. The zero-order valence-electron chi connectivity index (χ0n) is 39.8. The molecule has 0 spiro atoms. The van der Waals surface area contributed by atoms with E-state index in [4.69, 9.17) is 28.4 Å². The second-order valence-corrected chi connectivity index (χ2v) is 21.0. The second kappa shape index (κ2) is 22.4. The summed E-state index contributed by atoms with van der Waals surface area (Å²) in [5.41, 5.74) is -6.60. The van der Waals surface area contributed by atoms with Gasteiger partial charge in [0.15, 0.2) is 12.6 Å². The third-order valence-corrected chi connectivity index (χ3v) is 15.2. The molecule has 3 saturated heterocycles. The molecule has 0 aromatic carbocycles. The van der Waals surface area contributed by atoms with E-state index < -0.39 is 131 Å². The third kappa shape index (κ3) is 13.5. The van der Waals surface area contributed by atoms with Gasteiger partial charge in [-0.25, -0.2) is 0 Å². The standard InChI is InChI=1S/C42H79F3N4O14S/c1-14-16-46-21-41(55)28(8)60-31(19-39(41,10)58-13)62-33-25(5)35(63-37-32(50)29(17-24(4)59-37)49(12)64(56,57)48-22-42(43,44)45)38(9,53)18-23(3)20-47-27(7)34(51)40(11,54)30(15-2)61-36(52)26(33)6/h23-35,37,46-48,50-51,53-55H,14-22H2,1-13H3/t23?,24-,25?,26?,27?,28+,29+,30?,31+,32-,33?,34?,35?,37+,38?,39-,40?,41+/m1/s1. The first-order valence-corrected chi connectivity index (χ1v) is 23.9. The van der Waals surface area contributed by atoms with Crippen LogP contribution in [0.25, 0.3) is 0 Å². The fraction of sp³-hybridized carbons (Fsp3) is 0.976. The molecule has 64 heavy (non-hydrogen) atoms. The van der Waals surface area contributed by atoms with Gasteiger partial charge in [0.2, 0.25) is 0 Å². The molecule has 3 aliphatic rings. The lowest BCUT2D eigenvalue weighted by Gasteiger charge is -2.53. The lowest BCUT2D eigenvalue weighted by atomic mass is 9.75. The molecule has 22 heteroatoms. The van der Waals surface area contributed by atoms with Crippen molar-refractivity contribution in [3.05, 3.63) is 0 Å². The highest BCUT2D eigenvalue weighted by Gasteiger charge is 2.58. The quantitative estimate of drug-likeness (QED) is 0.0912. The number of likely N-dealkylation sites (N-methyl/N-ethyl adjacent to an activating group) is 1. The molecule has 0 aliphatic carbocycles. The number of ether oxygens (including phenoxy) is 6. The molecule has 378 valence electrons. The van der Waals surface area contributed by atoms with Crippen molar-refractivity contribution < 1.29 is 80.3 Å². The molecule has 0 aromatic rings.